The topological polar surface area (TPSA) is 122 Å². The molecule has 25 heavy (non-hydrogen) atoms. The van der Waals surface area contributed by atoms with E-state index in [1.165, 1.54) is 18.2 Å². The molecule has 0 aromatic heterocycles. The van der Waals surface area contributed by atoms with Gasteiger partial charge in [-0.15, -0.1) is 0 Å². The zero-order chi connectivity index (χ0) is 18.6. The number of nitrogens with zero attached hydrogens (tertiary/aromatic N) is 3. The van der Waals surface area contributed by atoms with E-state index in [9.17, 15) is 19.7 Å². The van der Waals surface area contributed by atoms with Crippen molar-refractivity contribution in [2.24, 2.45) is 5.73 Å². The summed E-state index contributed by atoms with van der Waals surface area (Å²) in [5, 5.41) is 13.5. The average molecular weight is 414 g/mol. The number of non-ortho nitro benzene ring substituents is 1. The number of anilines is 1. The molecule has 1 fully saturated rings. The van der Waals surface area contributed by atoms with Gasteiger partial charge in [-0.05, 0) is 28.9 Å². The third-order valence-corrected chi connectivity index (χ3v) is 4.83. The number of benzene rings is 1. The third-order valence-electron chi connectivity index (χ3n) is 4.17. The summed E-state index contributed by atoms with van der Waals surface area (Å²) in [5.41, 5.74) is 5.74. The quantitative estimate of drug-likeness (QED) is 0.524. The van der Waals surface area contributed by atoms with Crippen LogP contribution in [0.2, 0.25) is 0 Å². The van der Waals surface area contributed by atoms with Crippen molar-refractivity contribution in [3.05, 3.63) is 32.8 Å². The first-order valence-corrected chi connectivity index (χ1v) is 8.56. The molecule has 1 atom stereocenters. The van der Waals surface area contributed by atoms with Gasteiger partial charge >= 0.3 is 0 Å². The summed E-state index contributed by atoms with van der Waals surface area (Å²) in [5.74, 6) is -0.555. The maximum absolute atomic E-state index is 12.2. The fourth-order valence-corrected chi connectivity index (χ4v) is 3.07. The van der Waals surface area contributed by atoms with Crippen molar-refractivity contribution in [3.63, 3.8) is 0 Å². The van der Waals surface area contributed by atoms with Gasteiger partial charge in [0.25, 0.3) is 5.69 Å². The van der Waals surface area contributed by atoms with Gasteiger partial charge in [0.05, 0.1) is 23.2 Å². The molecule has 0 unspecified atom stereocenters. The second-order valence-electron chi connectivity index (χ2n) is 5.86. The Kier molecular flexibility index (Phi) is 6.45. The van der Waals surface area contributed by atoms with Crippen LogP contribution in [0.4, 0.5) is 11.4 Å². The molecule has 0 bridgehead atoms. The summed E-state index contributed by atoms with van der Waals surface area (Å²) in [4.78, 5) is 37.6. The molecule has 2 amide bonds. The fourth-order valence-electron chi connectivity index (χ4n) is 2.60. The van der Waals surface area contributed by atoms with Crippen molar-refractivity contribution >= 4 is 39.1 Å². The van der Waals surface area contributed by atoms with Crippen LogP contribution in [0.25, 0.3) is 0 Å². The Bertz CT molecular complexity index is 676. The third kappa shape index (κ3) is 5.21. The standard InChI is InChI=1S/C15H20BrN5O4/c1-10(15(17)23)20-6-4-19(5-7-20)9-14(22)18-13-3-2-11(21(24)25)8-12(13)16/h2-3,8,10H,4-7,9H2,1H3,(H2,17,23)(H,18,22)/t10-/m1/s1. The molecule has 0 aliphatic carbocycles. The van der Waals surface area contributed by atoms with Gasteiger partial charge in [0.2, 0.25) is 11.8 Å². The molecule has 9 nitrogen and oxygen atoms in total. The lowest BCUT2D eigenvalue weighted by Gasteiger charge is -2.36. The van der Waals surface area contributed by atoms with Crippen molar-refractivity contribution in [1.82, 2.24) is 9.80 Å². The molecule has 1 aliphatic heterocycles. The van der Waals surface area contributed by atoms with E-state index in [1.807, 2.05) is 9.80 Å². The number of nitrogens with two attached hydrogens (primary N) is 1. The number of primary amides is 1. The number of piperazine rings is 1. The van der Waals surface area contributed by atoms with Gasteiger partial charge in [-0.1, -0.05) is 0 Å². The highest BCUT2D eigenvalue weighted by Gasteiger charge is 2.25. The predicted octanol–water partition coefficient (Wildman–Crippen LogP) is 0.787. The van der Waals surface area contributed by atoms with Crippen molar-refractivity contribution < 1.29 is 14.5 Å². The largest absolute Gasteiger partial charge is 0.368 e. The van der Waals surface area contributed by atoms with Gasteiger partial charge < -0.3 is 11.1 Å². The lowest BCUT2D eigenvalue weighted by Crippen LogP contribution is -2.54. The van der Waals surface area contributed by atoms with Gasteiger partial charge in [-0.25, -0.2) is 0 Å². The van der Waals surface area contributed by atoms with Crippen LogP contribution in [0, 0.1) is 10.1 Å². The van der Waals surface area contributed by atoms with E-state index >= 15 is 0 Å². The molecule has 0 spiro atoms. The maximum atomic E-state index is 12.2. The highest BCUT2D eigenvalue weighted by molar-refractivity contribution is 9.10. The van der Waals surface area contributed by atoms with Crippen LogP contribution in [0.1, 0.15) is 6.92 Å². The molecular formula is C15H20BrN5O4. The minimum absolute atomic E-state index is 0.0513. The van der Waals surface area contributed by atoms with E-state index in [1.54, 1.807) is 6.92 Å². The van der Waals surface area contributed by atoms with Crippen molar-refractivity contribution in [2.45, 2.75) is 13.0 Å². The molecule has 1 aromatic rings. The Morgan fingerprint density at radius 1 is 1.36 bits per heavy atom. The number of amides is 2. The summed E-state index contributed by atoms with van der Waals surface area (Å²) >= 11 is 3.22. The predicted molar refractivity (Wildman–Crippen MR) is 96.1 cm³/mol. The van der Waals surface area contributed by atoms with E-state index < -0.39 is 4.92 Å². The zero-order valence-electron chi connectivity index (χ0n) is 13.8. The molecule has 10 heteroatoms. The Labute approximate surface area is 153 Å². The highest BCUT2D eigenvalue weighted by Crippen LogP contribution is 2.27. The van der Waals surface area contributed by atoms with Gasteiger partial charge in [0, 0.05) is 42.8 Å². The molecule has 1 aliphatic rings. The van der Waals surface area contributed by atoms with E-state index in [0.29, 0.717) is 36.3 Å². The lowest BCUT2D eigenvalue weighted by atomic mass is 10.2. The van der Waals surface area contributed by atoms with Crippen LogP contribution in [-0.4, -0.2) is 65.3 Å². The maximum Gasteiger partial charge on any atom is 0.270 e. The Balaban J connectivity index is 1.85. The van der Waals surface area contributed by atoms with Crippen LogP contribution in [0.5, 0.6) is 0 Å². The zero-order valence-corrected chi connectivity index (χ0v) is 15.4. The van der Waals surface area contributed by atoms with Gasteiger partial charge in [-0.3, -0.25) is 29.5 Å². The number of hydrogen-bond acceptors (Lipinski definition) is 6. The first-order valence-electron chi connectivity index (χ1n) is 7.77. The molecule has 136 valence electrons. The minimum atomic E-state index is -0.497. The smallest absolute Gasteiger partial charge is 0.270 e. The lowest BCUT2D eigenvalue weighted by molar-refractivity contribution is -0.384. The van der Waals surface area contributed by atoms with Crippen molar-refractivity contribution in [3.8, 4) is 0 Å². The Morgan fingerprint density at radius 3 is 2.52 bits per heavy atom. The summed E-state index contributed by atoms with van der Waals surface area (Å²) in [6.07, 6.45) is 0. The van der Waals surface area contributed by atoms with Crippen LogP contribution < -0.4 is 11.1 Å². The molecular weight excluding hydrogens is 394 g/mol. The van der Waals surface area contributed by atoms with Crippen molar-refractivity contribution in [2.75, 3.05) is 38.0 Å². The molecule has 1 aromatic carbocycles. The average Bonchev–Trinajstić information content (AvgIpc) is 2.56. The number of rotatable bonds is 6. The number of carbonyl (C=O) groups is 2. The summed E-state index contributed by atoms with van der Waals surface area (Å²) in [6.45, 7) is 4.63. The van der Waals surface area contributed by atoms with Crippen LogP contribution in [0.15, 0.2) is 22.7 Å². The number of hydrogen-bond donors (Lipinski definition) is 2. The molecule has 0 saturated carbocycles. The second kappa shape index (κ2) is 8.37. The first kappa shape index (κ1) is 19.3. The molecule has 3 N–H and O–H groups in total. The fraction of sp³-hybridized carbons (Fsp3) is 0.467. The van der Waals surface area contributed by atoms with E-state index in [0.717, 1.165) is 0 Å². The summed E-state index contributed by atoms with van der Waals surface area (Å²) in [7, 11) is 0. The van der Waals surface area contributed by atoms with Gasteiger partial charge in [0.15, 0.2) is 0 Å². The number of halogens is 1. The Morgan fingerprint density at radius 2 is 2.00 bits per heavy atom. The van der Waals surface area contributed by atoms with E-state index in [4.69, 9.17) is 5.73 Å². The summed E-state index contributed by atoms with van der Waals surface area (Å²) in [6, 6.07) is 3.86. The molecule has 2 rings (SSSR count). The van der Waals surface area contributed by atoms with Crippen LogP contribution in [0.3, 0.4) is 0 Å². The Hall–Kier alpha value is -2.04. The number of nitrogens with one attached hydrogen (secondary N) is 1. The highest BCUT2D eigenvalue weighted by atomic mass is 79.9. The molecule has 0 radical (unpaired) electrons. The normalized spacial score (nSPS) is 17.0. The monoisotopic (exact) mass is 413 g/mol. The van der Waals surface area contributed by atoms with E-state index in [-0.39, 0.29) is 30.1 Å². The van der Waals surface area contributed by atoms with Crippen LogP contribution >= 0.6 is 15.9 Å². The number of carbonyl (C=O) groups excluding carboxylic acids is 2. The number of nitro groups is 1. The first-order chi connectivity index (χ1) is 11.8. The van der Waals surface area contributed by atoms with Crippen LogP contribution in [-0.2, 0) is 9.59 Å². The molecule has 1 heterocycles. The van der Waals surface area contributed by atoms with Gasteiger partial charge in [-0.2, -0.15) is 0 Å². The number of nitro benzene ring substituents is 1. The second-order valence-corrected chi connectivity index (χ2v) is 6.71. The SMILES string of the molecule is C[C@H](C(N)=O)N1CCN(CC(=O)Nc2ccc([N+](=O)[O-])cc2Br)CC1. The van der Waals surface area contributed by atoms with E-state index in [2.05, 4.69) is 21.2 Å². The molecule has 1 saturated heterocycles. The summed E-state index contributed by atoms with van der Waals surface area (Å²) < 4.78 is 0.454. The minimum Gasteiger partial charge on any atom is -0.368 e. The van der Waals surface area contributed by atoms with Crippen molar-refractivity contribution in [1.29, 1.82) is 0 Å². The van der Waals surface area contributed by atoms with Gasteiger partial charge in [0.1, 0.15) is 0 Å².